The molecule has 0 aliphatic rings. The maximum absolute atomic E-state index is 12.4. The number of hydrogen-bond acceptors (Lipinski definition) is 4. The first kappa shape index (κ1) is 14.8. The van der Waals surface area contributed by atoms with Gasteiger partial charge in [-0.15, -0.1) is 11.3 Å². The van der Waals surface area contributed by atoms with Crippen molar-refractivity contribution in [3.8, 4) is 0 Å². The van der Waals surface area contributed by atoms with Crippen LogP contribution >= 0.6 is 11.3 Å². The van der Waals surface area contributed by atoms with Crippen molar-refractivity contribution in [2.75, 3.05) is 5.32 Å². The SMILES string of the molecule is Cc1nc(C)c(C(C)Nc2ccc(C(F)(F)F)nc2)s1. The Morgan fingerprint density at radius 3 is 2.40 bits per heavy atom. The summed E-state index contributed by atoms with van der Waals surface area (Å²) in [5.41, 5.74) is 0.601. The fourth-order valence-electron chi connectivity index (χ4n) is 1.91. The van der Waals surface area contributed by atoms with Gasteiger partial charge in [0.1, 0.15) is 5.69 Å². The second kappa shape index (κ2) is 5.40. The zero-order chi connectivity index (χ0) is 14.9. The van der Waals surface area contributed by atoms with E-state index >= 15 is 0 Å². The van der Waals surface area contributed by atoms with Gasteiger partial charge in [0.2, 0.25) is 0 Å². The van der Waals surface area contributed by atoms with Gasteiger partial charge in [-0.3, -0.25) is 0 Å². The highest BCUT2D eigenvalue weighted by molar-refractivity contribution is 7.11. The van der Waals surface area contributed by atoms with E-state index in [4.69, 9.17) is 0 Å². The molecule has 3 nitrogen and oxygen atoms in total. The van der Waals surface area contributed by atoms with Crippen LogP contribution in [0.4, 0.5) is 18.9 Å². The first-order valence-corrected chi connectivity index (χ1v) is 6.82. The number of aromatic nitrogens is 2. The molecule has 2 aromatic rings. The van der Waals surface area contributed by atoms with E-state index in [-0.39, 0.29) is 6.04 Å². The molecule has 1 unspecified atom stereocenters. The molecule has 0 saturated carbocycles. The van der Waals surface area contributed by atoms with Crippen LogP contribution in [0.1, 0.15) is 34.2 Å². The first-order chi connectivity index (χ1) is 9.27. The molecule has 0 aromatic carbocycles. The zero-order valence-electron chi connectivity index (χ0n) is 11.2. The highest BCUT2D eigenvalue weighted by Gasteiger charge is 2.32. The maximum Gasteiger partial charge on any atom is 0.433 e. The van der Waals surface area contributed by atoms with Gasteiger partial charge < -0.3 is 5.32 Å². The number of halogens is 3. The van der Waals surface area contributed by atoms with Gasteiger partial charge in [-0.25, -0.2) is 9.97 Å². The molecule has 0 amide bonds. The van der Waals surface area contributed by atoms with E-state index in [1.54, 1.807) is 11.3 Å². The van der Waals surface area contributed by atoms with E-state index in [0.29, 0.717) is 5.69 Å². The van der Waals surface area contributed by atoms with E-state index in [9.17, 15) is 13.2 Å². The van der Waals surface area contributed by atoms with Crippen molar-refractivity contribution < 1.29 is 13.2 Å². The smallest absolute Gasteiger partial charge is 0.376 e. The molecule has 0 fully saturated rings. The quantitative estimate of drug-likeness (QED) is 0.916. The number of alkyl halides is 3. The van der Waals surface area contributed by atoms with Crippen LogP contribution in [0.3, 0.4) is 0 Å². The van der Waals surface area contributed by atoms with Crippen LogP contribution in [-0.4, -0.2) is 9.97 Å². The molecule has 0 spiro atoms. The van der Waals surface area contributed by atoms with Crippen LogP contribution in [0.5, 0.6) is 0 Å². The Balaban J connectivity index is 2.12. The second-order valence-electron chi connectivity index (χ2n) is 4.48. The Labute approximate surface area is 118 Å². The van der Waals surface area contributed by atoms with Crippen LogP contribution in [0, 0.1) is 13.8 Å². The average Bonchev–Trinajstić information content (AvgIpc) is 2.68. The molecule has 108 valence electrons. The van der Waals surface area contributed by atoms with Gasteiger partial charge in [-0.05, 0) is 32.9 Å². The van der Waals surface area contributed by atoms with Crippen LogP contribution in [0.15, 0.2) is 18.3 Å². The molecular formula is C13H14F3N3S. The summed E-state index contributed by atoms with van der Waals surface area (Å²) in [6.07, 6.45) is -3.21. The number of nitrogens with zero attached hydrogens (tertiary/aromatic N) is 2. The molecule has 1 N–H and O–H groups in total. The lowest BCUT2D eigenvalue weighted by Crippen LogP contribution is -2.10. The molecule has 20 heavy (non-hydrogen) atoms. The lowest BCUT2D eigenvalue weighted by Gasteiger charge is -2.14. The summed E-state index contributed by atoms with van der Waals surface area (Å²) in [6, 6.07) is 2.33. The largest absolute Gasteiger partial charge is 0.433 e. The topological polar surface area (TPSA) is 37.8 Å². The summed E-state index contributed by atoms with van der Waals surface area (Å²) in [4.78, 5) is 8.83. The van der Waals surface area contributed by atoms with E-state index < -0.39 is 11.9 Å². The molecule has 7 heteroatoms. The average molecular weight is 301 g/mol. The number of hydrogen-bond donors (Lipinski definition) is 1. The zero-order valence-corrected chi connectivity index (χ0v) is 12.1. The van der Waals surface area contributed by atoms with Crippen LogP contribution in [0.2, 0.25) is 0 Å². The number of nitrogens with one attached hydrogen (secondary N) is 1. The normalized spacial score (nSPS) is 13.3. The van der Waals surface area contributed by atoms with Crippen molar-refractivity contribution in [3.63, 3.8) is 0 Å². The van der Waals surface area contributed by atoms with Gasteiger partial charge in [0.05, 0.1) is 28.6 Å². The predicted molar refractivity (Wildman–Crippen MR) is 72.9 cm³/mol. The van der Waals surface area contributed by atoms with Crippen molar-refractivity contribution in [1.29, 1.82) is 0 Å². The highest BCUT2D eigenvalue weighted by atomic mass is 32.1. The minimum Gasteiger partial charge on any atom is -0.376 e. The van der Waals surface area contributed by atoms with Gasteiger partial charge in [0, 0.05) is 4.88 Å². The van der Waals surface area contributed by atoms with Crippen LogP contribution < -0.4 is 5.32 Å². The van der Waals surface area contributed by atoms with E-state index in [1.165, 1.54) is 12.3 Å². The van der Waals surface area contributed by atoms with Crippen molar-refractivity contribution in [2.45, 2.75) is 33.0 Å². The van der Waals surface area contributed by atoms with Gasteiger partial charge in [0.25, 0.3) is 0 Å². The van der Waals surface area contributed by atoms with E-state index in [0.717, 1.165) is 21.6 Å². The number of aryl methyl sites for hydroxylation is 2. The third-order valence-electron chi connectivity index (χ3n) is 2.77. The Kier molecular flexibility index (Phi) is 3.99. The van der Waals surface area contributed by atoms with Gasteiger partial charge in [-0.2, -0.15) is 13.2 Å². The lowest BCUT2D eigenvalue weighted by molar-refractivity contribution is -0.141. The molecule has 0 bridgehead atoms. The summed E-state index contributed by atoms with van der Waals surface area (Å²) >= 11 is 1.58. The minimum absolute atomic E-state index is 0.0280. The molecule has 0 saturated heterocycles. The minimum atomic E-state index is -4.41. The van der Waals surface area contributed by atoms with E-state index in [2.05, 4.69) is 15.3 Å². The molecule has 2 aromatic heterocycles. The second-order valence-corrected chi connectivity index (χ2v) is 5.71. The first-order valence-electron chi connectivity index (χ1n) is 6.01. The third-order valence-corrected chi connectivity index (χ3v) is 4.03. The van der Waals surface area contributed by atoms with Gasteiger partial charge >= 0.3 is 6.18 Å². The Morgan fingerprint density at radius 1 is 1.25 bits per heavy atom. The summed E-state index contributed by atoms with van der Waals surface area (Å²) < 4.78 is 37.2. The predicted octanol–water partition coefficient (Wildman–Crippen LogP) is 4.35. The Morgan fingerprint density at radius 2 is 1.95 bits per heavy atom. The van der Waals surface area contributed by atoms with Gasteiger partial charge in [-0.1, -0.05) is 0 Å². The molecule has 0 aliphatic carbocycles. The molecular weight excluding hydrogens is 287 g/mol. The summed E-state index contributed by atoms with van der Waals surface area (Å²) in [7, 11) is 0. The molecule has 0 aliphatic heterocycles. The molecule has 2 rings (SSSR count). The third kappa shape index (κ3) is 3.27. The fraction of sp³-hybridized carbons (Fsp3) is 0.385. The Bertz CT molecular complexity index is 590. The van der Waals surface area contributed by atoms with Crippen LogP contribution in [-0.2, 0) is 6.18 Å². The number of anilines is 1. The highest BCUT2D eigenvalue weighted by Crippen LogP contribution is 2.30. The monoisotopic (exact) mass is 301 g/mol. The van der Waals surface area contributed by atoms with Gasteiger partial charge in [0.15, 0.2) is 0 Å². The number of rotatable bonds is 3. The van der Waals surface area contributed by atoms with Crippen molar-refractivity contribution in [2.24, 2.45) is 0 Å². The molecule has 2 heterocycles. The molecule has 1 atom stereocenters. The van der Waals surface area contributed by atoms with Crippen LogP contribution in [0.25, 0.3) is 0 Å². The summed E-state index contributed by atoms with van der Waals surface area (Å²) in [6.45, 7) is 5.78. The van der Waals surface area contributed by atoms with Crippen molar-refractivity contribution >= 4 is 17.0 Å². The van der Waals surface area contributed by atoms with Crippen molar-refractivity contribution in [1.82, 2.24) is 9.97 Å². The maximum atomic E-state index is 12.4. The summed E-state index contributed by atoms with van der Waals surface area (Å²) in [5.74, 6) is 0. The number of thiazole rings is 1. The molecule has 0 radical (unpaired) electrons. The standard InChI is InChI=1S/C13H14F3N3S/c1-7-12(20-9(3)18-7)8(2)19-10-4-5-11(17-6-10)13(14,15)16/h4-6,8,19H,1-3H3. The summed E-state index contributed by atoms with van der Waals surface area (Å²) in [5, 5.41) is 4.10. The lowest BCUT2D eigenvalue weighted by atomic mass is 10.2. The van der Waals surface area contributed by atoms with Crippen molar-refractivity contribution in [3.05, 3.63) is 39.6 Å². The van der Waals surface area contributed by atoms with E-state index in [1.807, 2.05) is 20.8 Å². The Hall–Kier alpha value is -1.63. The number of pyridine rings is 1. The fourth-order valence-corrected chi connectivity index (χ4v) is 2.84.